The van der Waals surface area contributed by atoms with Gasteiger partial charge in [0.05, 0.1) is 27.5 Å². The molecule has 0 saturated carbocycles. The van der Waals surface area contributed by atoms with Crippen LogP contribution in [0.1, 0.15) is 36.7 Å². The lowest BCUT2D eigenvalue weighted by Gasteiger charge is -2.25. The molecule has 3 heterocycles. The summed E-state index contributed by atoms with van der Waals surface area (Å²) < 4.78 is 3.97. The van der Waals surface area contributed by atoms with E-state index >= 15 is 0 Å². The van der Waals surface area contributed by atoms with Gasteiger partial charge in [-0.2, -0.15) is 5.10 Å². The number of carbonyl (C=O) groups excluding carboxylic acids is 1. The molecule has 0 saturated heterocycles. The average molecular weight is 518 g/mol. The number of anilines is 1. The third-order valence-electron chi connectivity index (χ3n) is 6.08. The molecule has 36 heavy (non-hydrogen) atoms. The molecule has 182 valence electrons. The summed E-state index contributed by atoms with van der Waals surface area (Å²) in [5, 5.41) is 8.01. The van der Waals surface area contributed by atoms with E-state index in [9.17, 15) is 9.59 Å². The lowest BCUT2D eigenvalue weighted by Crippen LogP contribution is -2.40. The van der Waals surface area contributed by atoms with Crippen molar-refractivity contribution >= 4 is 40.6 Å². The predicted molar refractivity (Wildman–Crippen MR) is 143 cm³/mol. The van der Waals surface area contributed by atoms with Crippen LogP contribution in [0.5, 0.6) is 0 Å². The fraction of sp³-hybridized carbons (Fsp3) is 0.185. The van der Waals surface area contributed by atoms with Gasteiger partial charge in [0.2, 0.25) is 0 Å². The molecule has 1 aliphatic heterocycles. The van der Waals surface area contributed by atoms with Gasteiger partial charge >= 0.3 is 0 Å². The van der Waals surface area contributed by atoms with Crippen molar-refractivity contribution in [2.45, 2.75) is 33.4 Å². The number of hydrogen-bond donors (Lipinski definition) is 1. The Morgan fingerprint density at radius 2 is 1.86 bits per heavy atom. The number of benzene rings is 2. The van der Waals surface area contributed by atoms with Gasteiger partial charge in [-0.1, -0.05) is 53.3 Å². The molecule has 2 aromatic carbocycles. The standard InChI is InChI=1S/C27H24ClN5O2S/c1-4-32-15-19(16(2)31-32)14-22-26(35)33-24(18-10-12-20(28)13-11-18)23(17(3)29-27(33)36-22)25(34)30-21-8-6-5-7-9-21/h5-15,24H,4H2,1-3H3,(H,30,34)/b22-14+/t24-/m0/s1. The molecule has 1 atom stereocenters. The third kappa shape index (κ3) is 4.45. The summed E-state index contributed by atoms with van der Waals surface area (Å²) in [6.45, 7) is 6.48. The molecule has 4 aromatic rings. The highest BCUT2D eigenvalue weighted by molar-refractivity contribution is 7.07. The number of nitrogens with one attached hydrogen (secondary N) is 1. The maximum atomic E-state index is 13.8. The van der Waals surface area contributed by atoms with Gasteiger partial charge < -0.3 is 5.32 Å². The quantitative estimate of drug-likeness (QED) is 0.433. The van der Waals surface area contributed by atoms with Crippen LogP contribution in [0.25, 0.3) is 6.08 Å². The number of amides is 1. The number of aromatic nitrogens is 3. The first kappa shape index (κ1) is 24.0. The SMILES string of the molecule is CCn1cc(/C=c2/sc3n(c2=O)[C@@H](c2ccc(Cl)cc2)C(C(=O)Nc2ccccc2)=C(C)N=3)c(C)n1. The Labute approximate surface area is 216 Å². The molecule has 1 amide bonds. The molecule has 0 aliphatic carbocycles. The van der Waals surface area contributed by atoms with Crippen LogP contribution >= 0.6 is 22.9 Å². The molecule has 1 aliphatic rings. The Kier molecular flexibility index (Phi) is 6.47. The Morgan fingerprint density at radius 1 is 1.14 bits per heavy atom. The minimum Gasteiger partial charge on any atom is -0.322 e. The molecule has 0 bridgehead atoms. The average Bonchev–Trinajstić information content (AvgIpc) is 3.38. The summed E-state index contributed by atoms with van der Waals surface area (Å²) in [4.78, 5) is 32.5. The normalized spacial score (nSPS) is 15.6. The van der Waals surface area contributed by atoms with E-state index < -0.39 is 6.04 Å². The van der Waals surface area contributed by atoms with Gasteiger partial charge in [-0.25, -0.2) is 4.99 Å². The number of allylic oxidation sites excluding steroid dienone is 1. The maximum absolute atomic E-state index is 13.8. The van der Waals surface area contributed by atoms with Crippen LogP contribution in [0.15, 0.2) is 81.9 Å². The maximum Gasteiger partial charge on any atom is 0.271 e. The zero-order chi connectivity index (χ0) is 25.4. The third-order valence-corrected chi connectivity index (χ3v) is 7.31. The highest BCUT2D eigenvalue weighted by Crippen LogP contribution is 2.31. The first-order valence-electron chi connectivity index (χ1n) is 11.5. The Bertz CT molecular complexity index is 1660. The first-order valence-corrected chi connectivity index (χ1v) is 12.7. The highest BCUT2D eigenvalue weighted by Gasteiger charge is 2.32. The summed E-state index contributed by atoms with van der Waals surface area (Å²) in [5.74, 6) is -0.309. The number of fused-ring (bicyclic) bond motifs is 1. The molecule has 9 heteroatoms. The molecule has 0 unspecified atom stereocenters. The van der Waals surface area contributed by atoms with Crippen LogP contribution in [-0.2, 0) is 11.3 Å². The van der Waals surface area contributed by atoms with E-state index in [2.05, 4.69) is 15.4 Å². The summed E-state index contributed by atoms with van der Waals surface area (Å²) in [5.41, 5.74) is 3.92. The van der Waals surface area contributed by atoms with Gasteiger partial charge in [-0.3, -0.25) is 18.8 Å². The number of carbonyl (C=O) groups is 1. The largest absolute Gasteiger partial charge is 0.322 e. The van der Waals surface area contributed by atoms with Crippen molar-refractivity contribution in [1.82, 2.24) is 14.3 Å². The number of hydrogen-bond acceptors (Lipinski definition) is 5. The molecule has 2 aromatic heterocycles. The zero-order valence-corrected chi connectivity index (χ0v) is 21.6. The highest BCUT2D eigenvalue weighted by atomic mass is 35.5. The second-order valence-corrected chi connectivity index (χ2v) is 9.92. The second-order valence-electron chi connectivity index (χ2n) is 8.48. The minimum atomic E-state index is -0.649. The molecular weight excluding hydrogens is 494 g/mol. The Morgan fingerprint density at radius 3 is 2.53 bits per heavy atom. The van der Waals surface area contributed by atoms with Gasteiger partial charge in [0, 0.05) is 29.0 Å². The number of rotatable bonds is 5. The van der Waals surface area contributed by atoms with Crippen molar-refractivity contribution in [3.8, 4) is 0 Å². The van der Waals surface area contributed by atoms with Crippen molar-refractivity contribution in [2.75, 3.05) is 5.32 Å². The first-order chi connectivity index (χ1) is 17.4. The lowest BCUT2D eigenvalue weighted by molar-refractivity contribution is -0.113. The predicted octanol–water partition coefficient (Wildman–Crippen LogP) is 4.05. The van der Waals surface area contributed by atoms with Gasteiger partial charge in [-0.15, -0.1) is 0 Å². The summed E-state index contributed by atoms with van der Waals surface area (Å²) in [6.07, 6.45) is 3.77. The lowest BCUT2D eigenvalue weighted by atomic mass is 9.95. The van der Waals surface area contributed by atoms with Crippen molar-refractivity contribution in [3.05, 3.63) is 114 Å². The molecule has 0 radical (unpaired) electrons. The van der Waals surface area contributed by atoms with E-state index in [0.717, 1.165) is 23.4 Å². The van der Waals surface area contributed by atoms with Gasteiger partial charge in [0.15, 0.2) is 4.80 Å². The van der Waals surface area contributed by atoms with Crippen molar-refractivity contribution in [1.29, 1.82) is 0 Å². The van der Waals surface area contributed by atoms with Crippen LogP contribution in [0.3, 0.4) is 0 Å². The monoisotopic (exact) mass is 517 g/mol. The Hall–Kier alpha value is -3.75. The molecule has 7 nitrogen and oxygen atoms in total. The topological polar surface area (TPSA) is 81.3 Å². The smallest absolute Gasteiger partial charge is 0.271 e. The van der Waals surface area contributed by atoms with Gasteiger partial charge in [0.1, 0.15) is 0 Å². The van der Waals surface area contributed by atoms with Crippen LogP contribution in [-0.4, -0.2) is 20.3 Å². The Balaban J connectivity index is 1.68. The van der Waals surface area contributed by atoms with E-state index in [0.29, 0.717) is 31.3 Å². The van der Waals surface area contributed by atoms with Crippen molar-refractivity contribution < 1.29 is 4.79 Å². The van der Waals surface area contributed by atoms with E-state index in [1.807, 2.05) is 73.3 Å². The second kappa shape index (κ2) is 9.72. The van der Waals surface area contributed by atoms with Gasteiger partial charge in [0.25, 0.3) is 11.5 Å². The fourth-order valence-corrected chi connectivity index (χ4v) is 5.43. The fourth-order valence-electron chi connectivity index (χ4n) is 4.27. The van der Waals surface area contributed by atoms with Crippen molar-refractivity contribution in [3.63, 3.8) is 0 Å². The van der Waals surface area contributed by atoms with Gasteiger partial charge in [-0.05, 0) is 56.7 Å². The summed E-state index contributed by atoms with van der Waals surface area (Å²) >= 11 is 7.46. The number of para-hydroxylation sites is 1. The number of nitrogens with zero attached hydrogens (tertiary/aromatic N) is 4. The molecule has 0 fully saturated rings. The van der Waals surface area contributed by atoms with E-state index in [-0.39, 0.29) is 11.5 Å². The molecule has 1 N–H and O–H groups in total. The van der Waals surface area contributed by atoms with E-state index in [1.165, 1.54) is 11.3 Å². The molecule has 0 spiro atoms. The number of halogens is 1. The van der Waals surface area contributed by atoms with Crippen molar-refractivity contribution in [2.24, 2.45) is 4.99 Å². The van der Waals surface area contributed by atoms with Crippen LogP contribution < -0.4 is 20.2 Å². The number of aryl methyl sites for hydroxylation is 2. The van der Waals surface area contributed by atoms with Crippen LogP contribution in [0.4, 0.5) is 5.69 Å². The number of thiazole rings is 1. The summed E-state index contributed by atoms with van der Waals surface area (Å²) in [6, 6.07) is 15.8. The van der Waals surface area contributed by atoms with E-state index in [1.54, 1.807) is 23.6 Å². The van der Waals surface area contributed by atoms with Crippen LogP contribution in [0, 0.1) is 6.92 Å². The minimum absolute atomic E-state index is 0.208. The zero-order valence-electron chi connectivity index (χ0n) is 20.0. The molecular formula is C27H24ClN5O2S. The summed E-state index contributed by atoms with van der Waals surface area (Å²) in [7, 11) is 0. The molecule has 5 rings (SSSR count). The van der Waals surface area contributed by atoms with Crippen LogP contribution in [0.2, 0.25) is 5.02 Å². The van der Waals surface area contributed by atoms with E-state index in [4.69, 9.17) is 11.6 Å².